The van der Waals surface area contributed by atoms with Gasteiger partial charge in [-0.1, -0.05) is 6.07 Å². The molecule has 0 atom stereocenters. The average molecular weight is 223 g/mol. The smallest absolute Gasteiger partial charge is 0.171 e. The summed E-state index contributed by atoms with van der Waals surface area (Å²) in [7, 11) is 0. The molecule has 14 heavy (non-hydrogen) atoms. The second kappa shape index (κ2) is 3.55. The molecule has 2 heterocycles. The number of ketones is 1. The van der Waals surface area contributed by atoms with E-state index in [4.69, 9.17) is 5.73 Å². The van der Waals surface area contributed by atoms with E-state index in [2.05, 4.69) is 0 Å². The Kier molecular flexibility index (Phi) is 2.39. The summed E-state index contributed by atoms with van der Waals surface area (Å²) in [5.74, 6) is 0.0373. The lowest BCUT2D eigenvalue weighted by atomic mass is 10.3. The third-order valence-electron chi connectivity index (χ3n) is 1.84. The fourth-order valence-electron chi connectivity index (χ4n) is 1.22. The number of hydrogen-bond donors (Lipinski definition) is 1. The fraction of sp³-hybridized carbons (Fsp3) is 0.100. The van der Waals surface area contributed by atoms with Gasteiger partial charge in [0.1, 0.15) is 0 Å². The van der Waals surface area contributed by atoms with Crippen molar-refractivity contribution in [2.75, 3.05) is 5.73 Å². The van der Waals surface area contributed by atoms with Gasteiger partial charge in [-0.25, -0.2) is 0 Å². The monoisotopic (exact) mass is 223 g/mol. The van der Waals surface area contributed by atoms with Gasteiger partial charge in [-0.2, -0.15) is 0 Å². The number of thiophene rings is 2. The van der Waals surface area contributed by atoms with Crippen molar-refractivity contribution < 1.29 is 4.79 Å². The molecule has 2 rings (SSSR count). The number of hydrogen-bond acceptors (Lipinski definition) is 4. The first-order valence-corrected chi connectivity index (χ1v) is 5.82. The van der Waals surface area contributed by atoms with Crippen molar-refractivity contribution in [3.8, 4) is 9.75 Å². The van der Waals surface area contributed by atoms with Crippen molar-refractivity contribution in [1.82, 2.24) is 0 Å². The molecule has 0 aliphatic heterocycles. The van der Waals surface area contributed by atoms with E-state index in [1.54, 1.807) is 18.3 Å². The van der Waals surface area contributed by atoms with Crippen LogP contribution in [0.1, 0.15) is 16.6 Å². The number of Topliss-reactive ketones (excluding diaryl/α,β-unsaturated/α-hetero) is 1. The Morgan fingerprint density at radius 2 is 2.21 bits per heavy atom. The Morgan fingerprint density at radius 1 is 1.43 bits per heavy atom. The zero-order chi connectivity index (χ0) is 10.1. The van der Waals surface area contributed by atoms with E-state index < -0.39 is 0 Å². The van der Waals surface area contributed by atoms with E-state index in [-0.39, 0.29) is 5.78 Å². The third-order valence-corrected chi connectivity index (χ3v) is 4.16. The molecule has 2 nitrogen and oxygen atoms in total. The normalized spacial score (nSPS) is 10.4. The molecule has 0 saturated carbocycles. The highest BCUT2D eigenvalue weighted by Gasteiger charge is 2.11. The van der Waals surface area contributed by atoms with Gasteiger partial charge < -0.3 is 5.73 Å². The van der Waals surface area contributed by atoms with Crippen LogP contribution in [0, 0.1) is 0 Å². The van der Waals surface area contributed by atoms with Crippen molar-refractivity contribution in [3.05, 3.63) is 28.5 Å². The van der Waals surface area contributed by atoms with Crippen LogP contribution < -0.4 is 5.73 Å². The molecule has 2 N–H and O–H groups in total. The van der Waals surface area contributed by atoms with Crippen molar-refractivity contribution >= 4 is 34.1 Å². The number of rotatable bonds is 2. The summed E-state index contributed by atoms with van der Waals surface area (Å²) in [5, 5.41) is 2.01. The first-order chi connectivity index (χ1) is 6.68. The van der Waals surface area contributed by atoms with Gasteiger partial charge in [-0.05, 0) is 17.5 Å². The number of anilines is 1. The molecular formula is C10H9NOS2. The van der Waals surface area contributed by atoms with E-state index in [0.717, 1.165) is 9.75 Å². The standard InChI is InChI=1S/C10H9NOS2/c1-6(12)10-7(11)5-9(14-10)8-3-2-4-13-8/h2-5H,11H2,1H3. The predicted octanol–water partition coefficient (Wildman–Crippen LogP) is 3.26. The molecule has 0 spiro atoms. The lowest BCUT2D eigenvalue weighted by Crippen LogP contribution is -1.92. The zero-order valence-electron chi connectivity index (χ0n) is 7.61. The van der Waals surface area contributed by atoms with Gasteiger partial charge >= 0.3 is 0 Å². The van der Waals surface area contributed by atoms with Crippen molar-refractivity contribution in [2.45, 2.75) is 6.92 Å². The van der Waals surface area contributed by atoms with E-state index >= 15 is 0 Å². The molecule has 0 unspecified atom stereocenters. The van der Waals surface area contributed by atoms with Crippen LogP contribution in [-0.2, 0) is 0 Å². The Hall–Kier alpha value is -1.13. The van der Waals surface area contributed by atoms with Gasteiger partial charge in [0, 0.05) is 16.7 Å². The maximum atomic E-state index is 11.2. The van der Waals surface area contributed by atoms with Crippen LogP contribution in [0.4, 0.5) is 5.69 Å². The molecule has 0 aliphatic carbocycles. The van der Waals surface area contributed by atoms with Gasteiger partial charge in [0.15, 0.2) is 5.78 Å². The topological polar surface area (TPSA) is 43.1 Å². The Labute approximate surface area is 90.0 Å². The van der Waals surface area contributed by atoms with Crippen LogP contribution in [0.15, 0.2) is 23.6 Å². The SMILES string of the molecule is CC(=O)c1sc(-c2cccs2)cc1N. The first kappa shape index (κ1) is 9.43. The summed E-state index contributed by atoms with van der Waals surface area (Å²) in [6, 6.07) is 5.89. The summed E-state index contributed by atoms with van der Waals surface area (Å²) in [6.07, 6.45) is 0. The Morgan fingerprint density at radius 3 is 2.71 bits per heavy atom. The van der Waals surface area contributed by atoms with Crippen LogP contribution in [0.2, 0.25) is 0 Å². The lowest BCUT2D eigenvalue weighted by molar-refractivity contribution is 0.102. The molecule has 0 bridgehead atoms. The molecule has 2 aromatic heterocycles. The van der Waals surface area contributed by atoms with Gasteiger partial charge in [-0.3, -0.25) is 4.79 Å². The first-order valence-electron chi connectivity index (χ1n) is 4.12. The van der Waals surface area contributed by atoms with E-state index in [0.29, 0.717) is 10.6 Å². The second-order valence-electron chi connectivity index (χ2n) is 2.93. The largest absolute Gasteiger partial charge is 0.397 e. The maximum absolute atomic E-state index is 11.2. The van der Waals surface area contributed by atoms with E-state index in [9.17, 15) is 4.79 Å². The van der Waals surface area contributed by atoms with Crippen LogP contribution in [0.5, 0.6) is 0 Å². The van der Waals surface area contributed by atoms with E-state index in [1.807, 2.05) is 23.6 Å². The number of nitrogens with two attached hydrogens (primary N) is 1. The fourth-order valence-corrected chi connectivity index (χ4v) is 3.02. The number of carbonyl (C=O) groups is 1. The van der Waals surface area contributed by atoms with Gasteiger partial charge in [0.2, 0.25) is 0 Å². The van der Waals surface area contributed by atoms with Gasteiger partial charge in [0.25, 0.3) is 0 Å². The van der Waals surface area contributed by atoms with Crippen LogP contribution in [0.25, 0.3) is 9.75 Å². The van der Waals surface area contributed by atoms with Crippen LogP contribution in [0.3, 0.4) is 0 Å². The average Bonchev–Trinajstić information content (AvgIpc) is 2.70. The molecule has 4 heteroatoms. The highest BCUT2D eigenvalue weighted by Crippen LogP contribution is 2.35. The highest BCUT2D eigenvalue weighted by atomic mass is 32.1. The molecule has 0 saturated heterocycles. The molecule has 2 aromatic rings. The zero-order valence-corrected chi connectivity index (χ0v) is 9.24. The van der Waals surface area contributed by atoms with Gasteiger partial charge in [-0.15, -0.1) is 22.7 Å². The number of nitrogen functional groups attached to an aromatic ring is 1. The molecule has 0 fully saturated rings. The summed E-state index contributed by atoms with van der Waals surface area (Å²) < 4.78 is 0. The molecule has 0 radical (unpaired) electrons. The van der Waals surface area contributed by atoms with Crippen LogP contribution >= 0.6 is 22.7 Å². The molecule has 72 valence electrons. The highest BCUT2D eigenvalue weighted by molar-refractivity contribution is 7.22. The second-order valence-corrected chi connectivity index (χ2v) is 4.93. The molecule has 0 aliphatic rings. The van der Waals surface area contributed by atoms with Crippen molar-refractivity contribution in [3.63, 3.8) is 0 Å². The minimum Gasteiger partial charge on any atom is -0.397 e. The summed E-state index contributed by atoms with van der Waals surface area (Å²) in [6.45, 7) is 1.54. The number of carbonyl (C=O) groups excluding carboxylic acids is 1. The quantitative estimate of drug-likeness (QED) is 0.794. The molecular weight excluding hydrogens is 214 g/mol. The van der Waals surface area contributed by atoms with Crippen molar-refractivity contribution in [1.29, 1.82) is 0 Å². The van der Waals surface area contributed by atoms with Crippen LogP contribution in [-0.4, -0.2) is 5.78 Å². The van der Waals surface area contributed by atoms with Crippen molar-refractivity contribution in [2.24, 2.45) is 0 Å². The Balaban J connectivity index is 2.48. The lowest BCUT2D eigenvalue weighted by Gasteiger charge is -1.88. The Bertz CT molecular complexity index is 456. The maximum Gasteiger partial charge on any atom is 0.171 e. The predicted molar refractivity (Wildman–Crippen MR) is 62.0 cm³/mol. The summed E-state index contributed by atoms with van der Waals surface area (Å²) in [5.41, 5.74) is 6.33. The molecule has 0 amide bonds. The summed E-state index contributed by atoms with van der Waals surface area (Å²) in [4.78, 5) is 14.1. The van der Waals surface area contributed by atoms with E-state index in [1.165, 1.54) is 11.3 Å². The minimum absolute atomic E-state index is 0.0373. The minimum atomic E-state index is 0.0373. The van der Waals surface area contributed by atoms with Gasteiger partial charge in [0.05, 0.1) is 10.6 Å². The summed E-state index contributed by atoms with van der Waals surface area (Å²) >= 11 is 3.11. The third kappa shape index (κ3) is 1.58. The molecule has 0 aromatic carbocycles.